The summed E-state index contributed by atoms with van der Waals surface area (Å²) in [7, 11) is 0. The van der Waals surface area contributed by atoms with Gasteiger partial charge < -0.3 is 31.7 Å². The standard InChI is InChI=1S/C34H35F2N7O2/c1-20(39-25-6-8-26(9-7-25)41-34(45)31-19-43-18-23(35)5-12-32(43)42-31)30-15-24(36)17-38-33(30)40-27-4-2-3-21(13-27)29-11-10-28(44)14-22(29)16-37/h2-5,10-15,17-18,25-26,31,39,44H,1,6-9,16,19,37H2,(H,38,40)(H,41,45)/t25-,26+,31?. The summed E-state index contributed by atoms with van der Waals surface area (Å²) in [6, 6.07) is 13.7. The van der Waals surface area contributed by atoms with Crippen LogP contribution in [0.25, 0.3) is 16.8 Å². The Morgan fingerprint density at radius 2 is 1.82 bits per heavy atom. The van der Waals surface area contributed by atoms with Crippen LogP contribution >= 0.6 is 0 Å². The average Bonchev–Trinajstić information content (AvgIpc) is 3.46. The Labute approximate surface area is 260 Å². The van der Waals surface area contributed by atoms with Crippen molar-refractivity contribution in [3.63, 3.8) is 0 Å². The highest BCUT2D eigenvalue weighted by Crippen LogP contribution is 2.31. The predicted octanol–water partition coefficient (Wildman–Crippen LogP) is 5.25. The van der Waals surface area contributed by atoms with Gasteiger partial charge in [0, 0.05) is 41.8 Å². The number of aromatic hydroxyl groups is 1. The molecule has 0 radical (unpaired) electrons. The van der Waals surface area contributed by atoms with Crippen LogP contribution in [0.15, 0.2) is 90.5 Å². The average molecular weight is 612 g/mol. The molecule has 232 valence electrons. The number of anilines is 2. The number of pyridine rings is 1. The van der Waals surface area contributed by atoms with Crippen LogP contribution in [0, 0.1) is 5.82 Å². The first-order chi connectivity index (χ1) is 21.7. The summed E-state index contributed by atoms with van der Waals surface area (Å²) < 4.78 is 27.9. The number of rotatable bonds is 9. The first kappa shape index (κ1) is 30.0. The highest BCUT2D eigenvalue weighted by molar-refractivity contribution is 6.00. The van der Waals surface area contributed by atoms with E-state index in [0.717, 1.165) is 54.3 Å². The maximum absolute atomic E-state index is 14.4. The third-order valence-corrected chi connectivity index (χ3v) is 8.30. The van der Waals surface area contributed by atoms with Gasteiger partial charge in [-0.2, -0.15) is 0 Å². The lowest BCUT2D eigenvalue weighted by molar-refractivity contribution is -0.123. The summed E-state index contributed by atoms with van der Waals surface area (Å²) >= 11 is 0. The van der Waals surface area contributed by atoms with Crippen LogP contribution in [0.3, 0.4) is 0 Å². The van der Waals surface area contributed by atoms with E-state index in [1.807, 2.05) is 30.3 Å². The van der Waals surface area contributed by atoms with Crippen molar-refractivity contribution in [2.45, 2.75) is 50.4 Å². The summed E-state index contributed by atoms with van der Waals surface area (Å²) in [5.41, 5.74) is 10.3. The molecular weight excluding hydrogens is 576 g/mol. The topological polar surface area (TPSA) is 128 Å². The van der Waals surface area contributed by atoms with Crippen molar-refractivity contribution in [2.24, 2.45) is 10.7 Å². The molecule has 2 aliphatic heterocycles. The quantitative estimate of drug-likeness (QED) is 0.224. The molecule has 0 bridgehead atoms. The molecule has 3 heterocycles. The first-order valence-corrected chi connectivity index (χ1v) is 15.0. The smallest absolute Gasteiger partial charge is 0.246 e. The maximum atomic E-state index is 14.4. The van der Waals surface area contributed by atoms with E-state index in [1.165, 1.54) is 18.3 Å². The second-order valence-corrected chi connectivity index (χ2v) is 11.5. The molecule has 1 unspecified atom stereocenters. The van der Waals surface area contributed by atoms with Gasteiger partial charge in [0.15, 0.2) is 0 Å². The second kappa shape index (κ2) is 12.9. The van der Waals surface area contributed by atoms with E-state index in [-0.39, 0.29) is 36.1 Å². The highest BCUT2D eigenvalue weighted by atomic mass is 19.1. The molecule has 45 heavy (non-hydrogen) atoms. The number of phenolic OH excluding ortho intramolecular Hbond substituents is 1. The van der Waals surface area contributed by atoms with Gasteiger partial charge in [0.1, 0.15) is 35.1 Å². The van der Waals surface area contributed by atoms with E-state index in [9.17, 15) is 18.7 Å². The Morgan fingerprint density at radius 1 is 1.04 bits per heavy atom. The summed E-state index contributed by atoms with van der Waals surface area (Å²) in [4.78, 5) is 23.3. The SMILES string of the molecule is C=C(N[C@H]1CC[C@@H](NC(=O)C2CN3C=C(F)C=CC3=N2)CC1)c1cc(F)cnc1Nc1cccc(-c2ccc(O)cc2CN)c1. The fourth-order valence-corrected chi connectivity index (χ4v) is 6.00. The largest absolute Gasteiger partial charge is 0.508 e. The minimum atomic E-state index is -0.571. The van der Waals surface area contributed by atoms with Crippen molar-refractivity contribution in [1.82, 2.24) is 20.5 Å². The van der Waals surface area contributed by atoms with Gasteiger partial charge in [0.2, 0.25) is 5.91 Å². The Kier molecular flexibility index (Phi) is 8.61. The molecule has 1 aliphatic carbocycles. The van der Waals surface area contributed by atoms with Crippen LogP contribution < -0.4 is 21.7 Å². The molecule has 1 atom stereocenters. The molecule has 6 N–H and O–H groups in total. The lowest BCUT2D eigenvalue weighted by Gasteiger charge is -2.31. The second-order valence-electron chi connectivity index (χ2n) is 11.5. The number of benzene rings is 2. The Bertz CT molecular complexity index is 1710. The zero-order chi connectivity index (χ0) is 31.5. The van der Waals surface area contributed by atoms with Crippen molar-refractivity contribution >= 4 is 28.9 Å². The molecular formula is C34H35F2N7O2. The summed E-state index contributed by atoms with van der Waals surface area (Å²) in [5.74, 6) is 0.207. The number of hydrogen-bond acceptors (Lipinski definition) is 8. The molecule has 3 aliphatic rings. The van der Waals surface area contributed by atoms with E-state index in [1.54, 1.807) is 23.1 Å². The van der Waals surface area contributed by atoms with Crippen LogP contribution in [0.1, 0.15) is 36.8 Å². The molecule has 0 saturated heterocycles. The summed E-state index contributed by atoms with van der Waals surface area (Å²) in [6.07, 6.45) is 8.54. The number of allylic oxidation sites excluding steroid dienone is 2. The maximum Gasteiger partial charge on any atom is 0.246 e. The molecule has 1 saturated carbocycles. The molecule has 1 aromatic heterocycles. The van der Waals surface area contributed by atoms with Gasteiger partial charge in [-0.15, -0.1) is 0 Å². The Balaban J connectivity index is 1.06. The number of nitrogens with two attached hydrogens (primary N) is 1. The van der Waals surface area contributed by atoms with Gasteiger partial charge in [-0.05, 0) is 84.9 Å². The van der Waals surface area contributed by atoms with Gasteiger partial charge in [-0.3, -0.25) is 9.79 Å². The van der Waals surface area contributed by atoms with E-state index in [0.29, 0.717) is 29.5 Å². The number of carbonyl (C=O) groups excluding carboxylic acids is 1. The number of halogens is 2. The lowest BCUT2D eigenvalue weighted by atomic mass is 9.90. The number of amidine groups is 1. The molecule has 6 rings (SSSR count). The minimum Gasteiger partial charge on any atom is -0.508 e. The summed E-state index contributed by atoms with van der Waals surface area (Å²) in [6.45, 7) is 4.80. The number of phenols is 1. The summed E-state index contributed by atoms with van der Waals surface area (Å²) in [5, 5.41) is 19.7. The lowest BCUT2D eigenvalue weighted by Crippen LogP contribution is -2.45. The van der Waals surface area contributed by atoms with Crippen LogP contribution in [0.5, 0.6) is 5.75 Å². The van der Waals surface area contributed by atoms with E-state index in [4.69, 9.17) is 5.73 Å². The molecule has 1 fully saturated rings. The van der Waals surface area contributed by atoms with Crippen molar-refractivity contribution in [3.8, 4) is 16.9 Å². The van der Waals surface area contributed by atoms with Crippen LogP contribution in [-0.2, 0) is 11.3 Å². The number of amides is 1. The predicted molar refractivity (Wildman–Crippen MR) is 172 cm³/mol. The zero-order valence-electron chi connectivity index (χ0n) is 24.6. The monoisotopic (exact) mass is 611 g/mol. The van der Waals surface area contributed by atoms with Crippen molar-refractivity contribution in [2.75, 3.05) is 11.9 Å². The first-order valence-electron chi connectivity index (χ1n) is 15.0. The normalized spacial score (nSPS) is 20.6. The highest BCUT2D eigenvalue weighted by Gasteiger charge is 2.32. The van der Waals surface area contributed by atoms with E-state index >= 15 is 0 Å². The number of fused-ring (bicyclic) bond motifs is 1. The number of aromatic nitrogens is 1. The fourth-order valence-electron chi connectivity index (χ4n) is 6.00. The van der Waals surface area contributed by atoms with Crippen molar-refractivity contribution < 1.29 is 18.7 Å². The van der Waals surface area contributed by atoms with Crippen LogP contribution in [-0.4, -0.2) is 51.4 Å². The zero-order valence-corrected chi connectivity index (χ0v) is 24.6. The molecule has 11 heteroatoms. The number of aliphatic imine (C=N–C) groups is 1. The van der Waals surface area contributed by atoms with Crippen LogP contribution in [0.4, 0.5) is 20.3 Å². The Hall–Kier alpha value is -5.03. The Morgan fingerprint density at radius 3 is 2.60 bits per heavy atom. The van der Waals surface area contributed by atoms with E-state index < -0.39 is 11.9 Å². The van der Waals surface area contributed by atoms with E-state index in [2.05, 4.69) is 32.5 Å². The van der Waals surface area contributed by atoms with Gasteiger partial charge in [-0.1, -0.05) is 24.8 Å². The van der Waals surface area contributed by atoms with Gasteiger partial charge in [0.05, 0.1) is 12.7 Å². The van der Waals surface area contributed by atoms with Crippen molar-refractivity contribution in [3.05, 3.63) is 102 Å². The molecule has 3 aromatic rings. The van der Waals surface area contributed by atoms with Crippen LogP contribution in [0.2, 0.25) is 0 Å². The fraction of sp³-hybridized carbons (Fsp3) is 0.265. The minimum absolute atomic E-state index is 0.0122. The van der Waals surface area contributed by atoms with Crippen molar-refractivity contribution in [1.29, 1.82) is 0 Å². The molecule has 2 aromatic carbocycles. The van der Waals surface area contributed by atoms with Gasteiger partial charge in [0.25, 0.3) is 0 Å². The number of carbonyl (C=O) groups is 1. The van der Waals surface area contributed by atoms with Gasteiger partial charge in [-0.25, -0.2) is 13.8 Å². The number of nitrogens with one attached hydrogen (secondary N) is 3. The number of hydrogen-bond donors (Lipinski definition) is 5. The molecule has 9 nitrogen and oxygen atoms in total. The van der Waals surface area contributed by atoms with Gasteiger partial charge >= 0.3 is 0 Å². The number of nitrogens with zero attached hydrogens (tertiary/aromatic N) is 3. The third kappa shape index (κ3) is 6.88. The third-order valence-electron chi connectivity index (χ3n) is 8.30. The molecule has 0 spiro atoms. The molecule has 1 amide bonds.